The molecule has 1 unspecified atom stereocenters. The third kappa shape index (κ3) is 7.00. The van der Waals surface area contributed by atoms with E-state index in [1.165, 1.54) is 0 Å². The zero-order valence-electron chi connectivity index (χ0n) is 8.65. The number of rotatable bonds is 8. The Morgan fingerprint density at radius 3 is 2.60 bits per heavy atom. The molecule has 0 aromatic carbocycles. The van der Waals surface area contributed by atoms with Crippen molar-refractivity contribution in [3.8, 4) is 24.7 Å². The molecule has 0 aliphatic carbocycles. The molecule has 0 fully saturated rings. The van der Waals surface area contributed by atoms with E-state index in [9.17, 15) is 4.57 Å². The van der Waals surface area contributed by atoms with Crippen molar-refractivity contribution >= 4 is 7.60 Å². The van der Waals surface area contributed by atoms with E-state index in [1.54, 1.807) is 6.08 Å². The molecule has 0 bridgehead atoms. The molecule has 0 heterocycles. The zero-order valence-corrected chi connectivity index (χ0v) is 9.54. The van der Waals surface area contributed by atoms with E-state index < -0.39 is 7.60 Å². The van der Waals surface area contributed by atoms with Crippen molar-refractivity contribution in [3.05, 3.63) is 12.7 Å². The van der Waals surface area contributed by atoms with Gasteiger partial charge in [-0.2, -0.15) is 0 Å². The van der Waals surface area contributed by atoms with E-state index in [0.29, 0.717) is 12.8 Å². The van der Waals surface area contributed by atoms with Gasteiger partial charge in [0.05, 0.1) is 12.8 Å². The quantitative estimate of drug-likeness (QED) is 0.276. The van der Waals surface area contributed by atoms with Gasteiger partial charge < -0.3 is 4.52 Å². The second-order valence-corrected chi connectivity index (χ2v) is 4.86. The molecule has 0 aliphatic heterocycles. The van der Waals surface area contributed by atoms with Crippen molar-refractivity contribution in [2.75, 3.05) is 19.4 Å². The molecule has 82 valence electrons. The monoisotopic (exact) mass is 226 g/mol. The van der Waals surface area contributed by atoms with Crippen LogP contribution in [-0.2, 0) is 13.6 Å². The molecule has 0 saturated heterocycles. The van der Waals surface area contributed by atoms with E-state index in [1.807, 2.05) is 0 Å². The van der Waals surface area contributed by atoms with Crippen molar-refractivity contribution in [1.29, 1.82) is 0 Å². The molecular weight excluding hydrogens is 211 g/mol. The van der Waals surface area contributed by atoms with Crippen molar-refractivity contribution < 1.29 is 13.6 Å². The van der Waals surface area contributed by atoms with Crippen molar-refractivity contribution in [2.24, 2.45) is 0 Å². The Morgan fingerprint density at radius 2 is 2.07 bits per heavy atom. The minimum atomic E-state index is -3.09. The van der Waals surface area contributed by atoms with Crippen LogP contribution in [0.15, 0.2) is 12.7 Å². The molecule has 0 radical (unpaired) electrons. The van der Waals surface area contributed by atoms with Crippen LogP contribution < -0.4 is 0 Å². The largest absolute Gasteiger partial charge is 0.331 e. The third-order valence-corrected chi connectivity index (χ3v) is 3.39. The van der Waals surface area contributed by atoms with Crippen LogP contribution in [0.1, 0.15) is 12.8 Å². The van der Waals surface area contributed by atoms with Crippen molar-refractivity contribution in [1.82, 2.24) is 0 Å². The Kier molecular flexibility index (Phi) is 7.78. The van der Waals surface area contributed by atoms with E-state index in [-0.39, 0.29) is 19.4 Å². The molecule has 0 aromatic heterocycles. The molecule has 4 heteroatoms. The Balaban J connectivity index is 4.15. The lowest BCUT2D eigenvalue weighted by atomic mass is 10.5. The molecule has 0 amide bonds. The predicted octanol–water partition coefficient (Wildman–Crippen LogP) is 2.45. The summed E-state index contributed by atoms with van der Waals surface area (Å²) in [7, 11) is -3.09. The molecule has 0 spiro atoms. The van der Waals surface area contributed by atoms with Crippen LogP contribution in [0.5, 0.6) is 0 Å². The van der Waals surface area contributed by atoms with Gasteiger partial charge in [0.15, 0.2) is 0 Å². The Labute approximate surface area is 91.4 Å². The highest BCUT2D eigenvalue weighted by atomic mass is 31.2. The van der Waals surface area contributed by atoms with Gasteiger partial charge in [0.25, 0.3) is 0 Å². The lowest BCUT2D eigenvalue weighted by molar-refractivity contribution is 0.225. The summed E-state index contributed by atoms with van der Waals surface area (Å²) in [6.45, 7) is 3.73. The SMILES string of the molecule is C#CCCOP(=O)(CCC=C)OCC#C. The van der Waals surface area contributed by atoms with Crippen molar-refractivity contribution in [3.63, 3.8) is 0 Å². The standard InChI is InChI=1S/C11H15O3P/c1-4-7-10-14-15(12,11-8-5-2)13-9-6-3/h1,3,5H,2,7-11H2. The van der Waals surface area contributed by atoms with Gasteiger partial charge in [0, 0.05) is 6.42 Å². The van der Waals surface area contributed by atoms with Gasteiger partial charge in [-0.3, -0.25) is 9.09 Å². The van der Waals surface area contributed by atoms with Crippen LogP contribution in [0.2, 0.25) is 0 Å². The summed E-state index contributed by atoms with van der Waals surface area (Å²) in [5, 5.41) is 0. The van der Waals surface area contributed by atoms with E-state index in [2.05, 4.69) is 18.4 Å². The molecule has 0 saturated carbocycles. The highest BCUT2D eigenvalue weighted by molar-refractivity contribution is 7.53. The van der Waals surface area contributed by atoms with Crippen LogP contribution >= 0.6 is 7.60 Å². The molecular formula is C11H15O3P. The molecule has 0 aromatic rings. The fourth-order valence-corrected chi connectivity index (χ4v) is 2.27. The van der Waals surface area contributed by atoms with Gasteiger partial charge in [0.2, 0.25) is 0 Å². The number of terminal acetylenes is 2. The Bertz CT molecular complexity index is 309. The smallest absolute Gasteiger partial charge is 0.308 e. The van der Waals surface area contributed by atoms with Crippen LogP contribution in [0.4, 0.5) is 0 Å². The fourth-order valence-electron chi connectivity index (χ4n) is 0.795. The second-order valence-electron chi connectivity index (χ2n) is 2.68. The first-order chi connectivity index (χ1) is 7.18. The average Bonchev–Trinajstić information content (AvgIpc) is 2.24. The lowest BCUT2D eigenvalue weighted by Crippen LogP contribution is -2.01. The minimum Gasteiger partial charge on any atom is -0.308 e. The maximum Gasteiger partial charge on any atom is 0.331 e. The van der Waals surface area contributed by atoms with Gasteiger partial charge in [-0.1, -0.05) is 12.0 Å². The lowest BCUT2D eigenvalue weighted by Gasteiger charge is -2.15. The topological polar surface area (TPSA) is 35.5 Å². The van der Waals surface area contributed by atoms with E-state index >= 15 is 0 Å². The summed E-state index contributed by atoms with van der Waals surface area (Å²) in [4.78, 5) is 0. The van der Waals surface area contributed by atoms with Gasteiger partial charge in [0.1, 0.15) is 6.61 Å². The van der Waals surface area contributed by atoms with E-state index in [0.717, 1.165) is 0 Å². The highest BCUT2D eigenvalue weighted by Gasteiger charge is 2.22. The van der Waals surface area contributed by atoms with Crippen molar-refractivity contribution in [2.45, 2.75) is 12.8 Å². The van der Waals surface area contributed by atoms with Gasteiger partial charge in [-0.25, -0.2) is 0 Å². The Hall–Kier alpha value is -0.990. The number of hydrogen-bond acceptors (Lipinski definition) is 3. The first kappa shape index (κ1) is 14.0. The maximum absolute atomic E-state index is 11.9. The summed E-state index contributed by atoms with van der Waals surface area (Å²) in [6.07, 6.45) is 12.9. The molecule has 0 rings (SSSR count). The number of allylic oxidation sites excluding steroid dienone is 1. The first-order valence-electron chi connectivity index (χ1n) is 4.54. The fraction of sp³-hybridized carbons (Fsp3) is 0.455. The van der Waals surface area contributed by atoms with Gasteiger partial charge >= 0.3 is 7.60 Å². The Morgan fingerprint density at radius 1 is 1.33 bits per heavy atom. The zero-order chi connectivity index (χ0) is 11.6. The minimum absolute atomic E-state index is 0.0233. The summed E-state index contributed by atoms with van der Waals surface area (Å²) < 4.78 is 22.1. The van der Waals surface area contributed by atoms with Crippen LogP contribution in [0.3, 0.4) is 0 Å². The third-order valence-electron chi connectivity index (χ3n) is 1.49. The highest BCUT2D eigenvalue weighted by Crippen LogP contribution is 2.48. The van der Waals surface area contributed by atoms with Crippen LogP contribution in [-0.4, -0.2) is 19.4 Å². The van der Waals surface area contributed by atoms with Crippen LogP contribution in [0.25, 0.3) is 0 Å². The summed E-state index contributed by atoms with van der Waals surface area (Å²) in [6, 6.07) is 0. The molecule has 0 aliphatic rings. The maximum atomic E-state index is 11.9. The normalized spacial score (nSPS) is 13.5. The van der Waals surface area contributed by atoms with Gasteiger partial charge in [-0.05, 0) is 6.42 Å². The molecule has 0 N–H and O–H groups in total. The first-order valence-corrected chi connectivity index (χ1v) is 6.27. The molecule has 15 heavy (non-hydrogen) atoms. The van der Waals surface area contributed by atoms with Crippen LogP contribution in [0, 0.1) is 24.7 Å². The second kappa shape index (κ2) is 8.33. The number of hydrogen-bond donors (Lipinski definition) is 0. The summed E-state index contributed by atoms with van der Waals surface area (Å²) in [5.41, 5.74) is 0. The summed E-state index contributed by atoms with van der Waals surface area (Å²) in [5.74, 6) is 4.64. The van der Waals surface area contributed by atoms with E-state index in [4.69, 9.17) is 21.9 Å². The average molecular weight is 226 g/mol. The molecule has 1 atom stereocenters. The molecule has 3 nitrogen and oxygen atoms in total. The predicted molar refractivity (Wildman–Crippen MR) is 61.5 cm³/mol. The van der Waals surface area contributed by atoms with Gasteiger partial charge in [-0.15, -0.1) is 25.3 Å². The summed E-state index contributed by atoms with van der Waals surface area (Å²) >= 11 is 0.